The van der Waals surface area contributed by atoms with Gasteiger partial charge in [0, 0.05) is 5.56 Å². The summed E-state index contributed by atoms with van der Waals surface area (Å²) in [6.07, 6.45) is 3.24. The van der Waals surface area contributed by atoms with Gasteiger partial charge in [0.25, 0.3) is 0 Å². The fraction of sp³-hybridized carbons (Fsp3) is 0.182. The van der Waals surface area contributed by atoms with E-state index in [-0.39, 0.29) is 12.6 Å². The second-order valence-electron chi connectivity index (χ2n) is 2.93. The van der Waals surface area contributed by atoms with Crippen molar-refractivity contribution in [2.24, 2.45) is 0 Å². The molecule has 0 saturated carbocycles. The Bertz CT molecular complexity index is 394. The first-order valence-corrected chi connectivity index (χ1v) is 4.38. The van der Waals surface area contributed by atoms with Gasteiger partial charge in [-0.3, -0.25) is 4.79 Å². The molecule has 1 aliphatic heterocycles. The molecule has 0 saturated heterocycles. The van der Waals surface area contributed by atoms with Crippen LogP contribution in [0.1, 0.15) is 17.3 Å². The SMILES string of the molecule is CC=CC(=O)c1ccc2c(c1)OCO2. The maximum atomic E-state index is 11.5. The molecule has 3 nitrogen and oxygen atoms in total. The number of carbonyl (C=O) groups excluding carboxylic acids is 1. The molecule has 0 fully saturated rings. The molecule has 1 aliphatic rings. The van der Waals surface area contributed by atoms with Crippen molar-refractivity contribution >= 4 is 5.78 Å². The van der Waals surface area contributed by atoms with Gasteiger partial charge < -0.3 is 9.47 Å². The van der Waals surface area contributed by atoms with E-state index in [9.17, 15) is 4.79 Å². The average Bonchev–Trinajstić information content (AvgIpc) is 2.64. The molecule has 0 aromatic heterocycles. The predicted molar refractivity (Wildman–Crippen MR) is 51.7 cm³/mol. The highest BCUT2D eigenvalue weighted by Crippen LogP contribution is 2.32. The lowest BCUT2D eigenvalue weighted by Gasteiger charge is -1.98. The van der Waals surface area contributed by atoms with Crippen molar-refractivity contribution in [1.29, 1.82) is 0 Å². The Kier molecular flexibility index (Phi) is 2.23. The molecule has 0 radical (unpaired) electrons. The second kappa shape index (κ2) is 3.54. The van der Waals surface area contributed by atoms with Crippen LogP contribution in [0.15, 0.2) is 30.4 Å². The minimum atomic E-state index is -0.0224. The van der Waals surface area contributed by atoms with Crippen molar-refractivity contribution in [1.82, 2.24) is 0 Å². The first-order chi connectivity index (χ1) is 6.81. The van der Waals surface area contributed by atoms with Gasteiger partial charge in [-0.05, 0) is 31.2 Å². The molecule has 3 heteroatoms. The second-order valence-corrected chi connectivity index (χ2v) is 2.93. The molecular weight excluding hydrogens is 180 g/mol. The number of hydrogen-bond donors (Lipinski definition) is 0. The fourth-order valence-corrected chi connectivity index (χ4v) is 1.30. The smallest absolute Gasteiger partial charge is 0.231 e. The van der Waals surface area contributed by atoms with Gasteiger partial charge in [0.05, 0.1) is 0 Å². The summed E-state index contributed by atoms with van der Waals surface area (Å²) in [5, 5.41) is 0. The fourth-order valence-electron chi connectivity index (χ4n) is 1.30. The van der Waals surface area contributed by atoms with Crippen molar-refractivity contribution in [3.8, 4) is 11.5 Å². The third kappa shape index (κ3) is 1.48. The predicted octanol–water partition coefficient (Wildman–Crippen LogP) is 2.17. The molecule has 1 aromatic carbocycles. The van der Waals surface area contributed by atoms with E-state index < -0.39 is 0 Å². The number of ketones is 1. The van der Waals surface area contributed by atoms with E-state index in [2.05, 4.69) is 0 Å². The van der Waals surface area contributed by atoms with E-state index in [4.69, 9.17) is 9.47 Å². The minimum Gasteiger partial charge on any atom is -0.454 e. The van der Waals surface area contributed by atoms with Gasteiger partial charge in [-0.25, -0.2) is 0 Å². The van der Waals surface area contributed by atoms with Crippen molar-refractivity contribution < 1.29 is 14.3 Å². The van der Waals surface area contributed by atoms with Crippen molar-refractivity contribution in [3.05, 3.63) is 35.9 Å². The maximum absolute atomic E-state index is 11.5. The Balaban J connectivity index is 2.33. The Morgan fingerprint density at radius 2 is 2.14 bits per heavy atom. The molecule has 2 rings (SSSR count). The first kappa shape index (κ1) is 8.81. The molecule has 14 heavy (non-hydrogen) atoms. The molecule has 0 amide bonds. The van der Waals surface area contributed by atoms with Crippen LogP contribution in [0.4, 0.5) is 0 Å². The largest absolute Gasteiger partial charge is 0.454 e. The molecule has 0 unspecified atom stereocenters. The van der Waals surface area contributed by atoms with E-state index in [1.807, 2.05) is 6.92 Å². The molecule has 72 valence electrons. The molecular formula is C11H10O3. The molecule has 0 atom stereocenters. The van der Waals surface area contributed by atoms with Crippen molar-refractivity contribution in [2.75, 3.05) is 6.79 Å². The number of ether oxygens (including phenoxy) is 2. The third-order valence-electron chi connectivity index (χ3n) is 1.98. The minimum absolute atomic E-state index is 0.0224. The van der Waals surface area contributed by atoms with E-state index in [1.54, 1.807) is 24.3 Å². The third-order valence-corrected chi connectivity index (χ3v) is 1.98. The highest BCUT2D eigenvalue weighted by atomic mass is 16.7. The van der Waals surface area contributed by atoms with Crippen LogP contribution in [-0.2, 0) is 0 Å². The van der Waals surface area contributed by atoms with Crippen LogP contribution in [0.3, 0.4) is 0 Å². The lowest BCUT2D eigenvalue weighted by molar-refractivity contribution is 0.104. The van der Waals surface area contributed by atoms with Gasteiger partial charge in [-0.1, -0.05) is 6.08 Å². The van der Waals surface area contributed by atoms with Crippen LogP contribution < -0.4 is 9.47 Å². The highest BCUT2D eigenvalue weighted by Gasteiger charge is 2.14. The van der Waals surface area contributed by atoms with Crippen molar-refractivity contribution in [3.63, 3.8) is 0 Å². The Labute approximate surface area is 81.9 Å². The number of hydrogen-bond acceptors (Lipinski definition) is 3. The number of rotatable bonds is 2. The normalized spacial score (nSPS) is 13.5. The Hall–Kier alpha value is -1.77. The van der Waals surface area contributed by atoms with E-state index >= 15 is 0 Å². The summed E-state index contributed by atoms with van der Waals surface area (Å²) < 4.78 is 10.3. The van der Waals surface area contributed by atoms with E-state index in [0.29, 0.717) is 17.1 Å². The number of allylic oxidation sites excluding steroid dienone is 2. The van der Waals surface area contributed by atoms with E-state index in [0.717, 1.165) is 0 Å². The van der Waals surface area contributed by atoms with Gasteiger partial charge in [0.2, 0.25) is 6.79 Å². The van der Waals surface area contributed by atoms with E-state index in [1.165, 1.54) is 6.08 Å². The molecule has 0 spiro atoms. The lowest BCUT2D eigenvalue weighted by Crippen LogP contribution is -1.94. The van der Waals surface area contributed by atoms with Crippen LogP contribution in [0, 0.1) is 0 Å². The molecule has 0 bridgehead atoms. The standard InChI is InChI=1S/C11H10O3/c1-2-3-9(12)8-4-5-10-11(6-8)14-7-13-10/h2-6H,7H2,1H3. The first-order valence-electron chi connectivity index (χ1n) is 4.38. The van der Waals surface area contributed by atoms with Gasteiger partial charge >= 0.3 is 0 Å². The monoisotopic (exact) mass is 190 g/mol. The quantitative estimate of drug-likeness (QED) is 0.529. The Morgan fingerprint density at radius 1 is 1.36 bits per heavy atom. The maximum Gasteiger partial charge on any atom is 0.231 e. The zero-order valence-corrected chi connectivity index (χ0v) is 7.82. The van der Waals surface area contributed by atoms with Crippen LogP contribution in [0.5, 0.6) is 11.5 Å². The van der Waals surface area contributed by atoms with Crippen LogP contribution >= 0.6 is 0 Å². The lowest BCUT2D eigenvalue weighted by atomic mass is 10.1. The van der Waals surface area contributed by atoms with Crippen LogP contribution in [0.2, 0.25) is 0 Å². The molecule has 1 heterocycles. The molecule has 0 aliphatic carbocycles. The van der Waals surface area contributed by atoms with Crippen molar-refractivity contribution in [2.45, 2.75) is 6.92 Å². The topological polar surface area (TPSA) is 35.5 Å². The number of fused-ring (bicyclic) bond motifs is 1. The van der Waals surface area contributed by atoms with Gasteiger partial charge in [0.15, 0.2) is 17.3 Å². The number of benzene rings is 1. The number of carbonyl (C=O) groups is 1. The summed E-state index contributed by atoms with van der Waals surface area (Å²) >= 11 is 0. The highest BCUT2D eigenvalue weighted by molar-refractivity contribution is 6.04. The summed E-state index contributed by atoms with van der Waals surface area (Å²) in [7, 11) is 0. The summed E-state index contributed by atoms with van der Waals surface area (Å²) in [5.74, 6) is 1.31. The summed E-state index contributed by atoms with van der Waals surface area (Å²) in [6, 6.07) is 5.18. The van der Waals surface area contributed by atoms with Gasteiger partial charge in [0.1, 0.15) is 0 Å². The van der Waals surface area contributed by atoms with Gasteiger partial charge in [-0.15, -0.1) is 0 Å². The average molecular weight is 190 g/mol. The summed E-state index contributed by atoms with van der Waals surface area (Å²) in [5.41, 5.74) is 0.618. The zero-order valence-electron chi connectivity index (χ0n) is 7.82. The summed E-state index contributed by atoms with van der Waals surface area (Å²) in [4.78, 5) is 11.5. The Morgan fingerprint density at radius 3 is 2.93 bits per heavy atom. The van der Waals surface area contributed by atoms with Crippen LogP contribution in [-0.4, -0.2) is 12.6 Å². The summed E-state index contributed by atoms with van der Waals surface area (Å²) in [6.45, 7) is 2.04. The molecule has 1 aromatic rings. The van der Waals surface area contributed by atoms with Gasteiger partial charge in [-0.2, -0.15) is 0 Å². The zero-order chi connectivity index (χ0) is 9.97. The molecule has 0 N–H and O–H groups in total. The van der Waals surface area contributed by atoms with Crippen LogP contribution in [0.25, 0.3) is 0 Å².